The minimum Gasteiger partial charge on any atom is -0.357 e. The van der Waals surface area contributed by atoms with Crippen LogP contribution < -0.4 is 10.2 Å². The van der Waals surface area contributed by atoms with Gasteiger partial charge >= 0.3 is 0 Å². The van der Waals surface area contributed by atoms with Crippen LogP contribution in [0.2, 0.25) is 0 Å². The number of nitrogens with one attached hydrogen (secondary N) is 1. The number of nitrogens with zero attached hydrogens (tertiary/aromatic N) is 1. The fraction of sp³-hybridized carbons (Fsp3) is 0.500. The van der Waals surface area contributed by atoms with E-state index in [1.54, 1.807) is 11.0 Å². The van der Waals surface area contributed by atoms with Gasteiger partial charge in [0, 0.05) is 18.3 Å². The zero-order valence-corrected chi connectivity index (χ0v) is 12.3. The van der Waals surface area contributed by atoms with Gasteiger partial charge < -0.3 is 10.2 Å². The standard InChI is InChI=1S/C14H21FN2S/c1-5-14(3,6-2)16-13(18)17(4)12-9-7-8-11(15)10-12/h7-10H,5-6H2,1-4H3,(H,16,18). The summed E-state index contributed by atoms with van der Waals surface area (Å²) in [6.45, 7) is 6.39. The van der Waals surface area contributed by atoms with Crippen molar-refractivity contribution in [1.82, 2.24) is 5.32 Å². The van der Waals surface area contributed by atoms with Crippen LogP contribution >= 0.6 is 12.2 Å². The lowest BCUT2D eigenvalue weighted by Crippen LogP contribution is -2.50. The molecule has 0 aromatic heterocycles. The van der Waals surface area contributed by atoms with E-state index in [1.807, 2.05) is 13.1 Å². The minimum atomic E-state index is -0.254. The van der Waals surface area contributed by atoms with Crippen LogP contribution in [0.25, 0.3) is 0 Å². The highest BCUT2D eigenvalue weighted by molar-refractivity contribution is 7.80. The second-order valence-electron chi connectivity index (χ2n) is 4.74. The van der Waals surface area contributed by atoms with Crippen molar-refractivity contribution in [2.24, 2.45) is 0 Å². The molecule has 0 radical (unpaired) electrons. The van der Waals surface area contributed by atoms with Gasteiger partial charge in [0.15, 0.2) is 5.11 Å². The molecule has 0 saturated carbocycles. The third-order valence-corrected chi connectivity index (χ3v) is 3.85. The maximum absolute atomic E-state index is 13.2. The second-order valence-corrected chi connectivity index (χ2v) is 5.12. The Morgan fingerprint density at radius 3 is 2.50 bits per heavy atom. The highest BCUT2D eigenvalue weighted by atomic mass is 32.1. The molecule has 0 unspecified atom stereocenters. The van der Waals surface area contributed by atoms with Crippen molar-refractivity contribution >= 4 is 23.0 Å². The lowest BCUT2D eigenvalue weighted by atomic mass is 9.96. The zero-order valence-electron chi connectivity index (χ0n) is 11.5. The first-order valence-corrected chi connectivity index (χ1v) is 6.64. The van der Waals surface area contributed by atoms with Crippen LogP contribution in [-0.4, -0.2) is 17.7 Å². The van der Waals surface area contributed by atoms with Crippen LogP contribution in [0.5, 0.6) is 0 Å². The van der Waals surface area contributed by atoms with Gasteiger partial charge in [-0.25, -0.2) is 4.39 Å². The molecule has 0 aliphatic rings. The maximum atomic E-state index is 13.2. The van der Waals surface area contributed by atoms with Gasteiger partial charge in [-0.3, -0.25) is 0 Å². The molecule has 0 atom stereocenters. The predicted octanol–water partition coefficient (Wildman–Crippen LogP) is 3.72. The van der Waals surface area contributed by atoms with Crippen LogP contribution in [0.3, 0.4) is 0 Å². The molecule has 0 spiro atoms. The Balaban J connectivity index is 2.79. The average molecular weight is 268 g/mol. The van der Waals surface area contributed by atoms with Gasteiger partial charge in [0.05, 0.1) is 0 Å². The highest BCUT2D eigenvalue weighted by Gasteiger charge is 2.21. The molecule has 18 heavy (non-hydrogen) atoms. The van der Waals surface area contributed by atoms with Crippen LogP contribution in [0, 0.1) is 5.82 Å². The Hall–Kier alpha value is -1.16. The summed E-state index contributed by atoms with van der Waals surface area (Å²) in [5.74, 6) is -0.254. The van der Waals surface area contributed by atoms with Crippen molar-refractivity contribution in [2.75, 3.05) is 11.9 Å². The molecule has 2 nitrogen and oxygen atoms in total. The van der Waals surface area contributed by atoms with Crippen LogP contribution in [-0.2, 0) is 0 Å². The SMILES string of the molecule is CCC(C)(CC)NC(=S)N(C)c1cccc(F)c1. The molecular formula is C14H21FN2S. The summed E-state index contributed by atoms with van der Waals surface area (Å²) in [4.78, 5) is 1.79. The summed E-state index contributed by atoms with van der Waals surface area (Å²) in [6, 6.07) is 6.42. The Labute approximate surface area is 114 Å². The van der Waals surface area contributed by atoms with E-state index in [1.165, 1.54) is 12.1 Å². The van der Waals surface area contributed by atoms with Gasteiger partial charge in [0.2, 0.25) is 0 Å². The van der Waals surface area contributed by atoms with Crippen molar-refractivity contribution < 1.29 is 4.39 Å². The van der Waals surface area contributed by atoms with E-state index < -0.39 is 0 Å². The first-order valence-electron chi connectivity index (χ1n) is 6.23. The largest absolute Gasteiger partial charge is 0.357 e. The van der Waals surface area contributed by atoms with Crippen molar-refractivity contribution in [2.45, 2.75) is 39.2 Å². The number of benzene rings is 1. The van der Waals surface area contributed by atoms with Gasteiger partial charge in [-0.05, 0) is 50.2 Å². The maximum Gasteiger partial charge on any atom is 0.173 e. The lowest BCUT2D eigenvalue weighted by molar-refractivity contribution is 0.389. The van der Waals surface area contributed by atoms with Crippen molar-refractivity contribution in [1.29, 1.82) is 0 Å². The van der Waals surface area contributed by atoms with Crippen LogP contribution in [0.1, 0.15) is 33.6 Å². The van der Waals surface area contributed by atoms with Crippen LogP contribution in [0.15, 0.2) is 24.3 Å². The van der Waals surface area contributed by atoms with E-state index in [4.69, 9.17) is 12.2 Å². The van der Waals surface area contributed by atoms with E-state index in [0.29, 0.717) is 5.11 Å². The Bertz CT molecular complexity index is 416. The molecule has 0 heterocycles. The van der Waals surface area contributed by atoms with E-state index in [2.05, 4.69) is 26.1 Å². The smallest absolute Gasteiger partial charge is 0.173 e. The molecular weight excluding hydrogens is 247 g/mol. The summed E-state index contributed by atoms with van der Waals surface area (Å²) in [6.07, 6.45) is 1.97. The number of hydrogen-bond acceptors (Lipinski definition) is 1. The minimum absolute atomic E-state index is 0.0152. The molecule has 0 saturated heterocycles. The summed E-state index contributed by atoms with van der Waals surface area (Å²) in [5.41, 5.74) is 0.737. The number of rotatable bonds is 4. The summed E-state index contributed by atoms with van der Waals surface area (Å²) in [7, 11) is 1.84. The fourth-order valence-corrected chi connectivity index (χ4v) is 1.92. The molecule has 100 valence electrons. The fourth-order valence-electron chi connectivity index (χ4n) is 1.57. The summed E-state index contributed by atoms with van der Waals surface area (Å²) < 4.78 is 13.2. The Morgan fingerprint density at radius 1 is 1.39 bits per heavy atom. The molecule has 1 rings (SSSR count). The summed E-state index contributed by atoms with van der Waals surface area (Å²) >= 11 is 5.38. The van der Waals surface area contributed by atoms with Crippen molar-refractivity contribution in [3.05, 3.63) is 30.1 Å². The molecule has 0 amide bonds. The molecule has 1 aromatic rings. The summed E-state index contributed by atoms with van der Waals surface area (Å²) in [5, 5.41) is 3.96. The second kappa shape index (κ2) is 6.14. The Kier molecular flexibility index (Phi) is 5.08. The molecule has 0 bridgehead atoms. The third-order valence-electron chi connectivity index (χ3n) is 3.47. The predicted molar refractivity (Wildman–Crippen MR) is 79.5 cm³/mol. The highest BCUT2D eigenvalue weighted by Crippen LogP contribution is 2.17. The van der Waals surface area contributed by atoms with Gasteiger partial charge in [-0.2, -0.15) is 0 Å². The quantitative estimate of drug-likeness (QED) is 0.838. The van der Waals surface area contributed by atoms with Crippen molar-refractivity contribution in [3.63, 3.8) is 0 Å². The van der Waals surface area contributed by atoms with Crippen LogP contribution in [0.4, 0.5) is 10.1 Å². The molecule has 0 fully saturated rings. The molecule has 1 aromatic carbocycles. The van der Waals surface area contributed by atoms with E-state index in [9.17, 15) is 4.39 Å². The monoisotopic (exact) mass is 268 g/mol. The third kappa shape index (κ3) is 3.67. The first-order chi connectivity index (χ1) is 8.41. The first kappa shape index (κ1) is 14.9. The molecule has 4 heteroatoms. The van der Waals surface area contributed by atoms with E-state index in [0.717, 1.165) is 18.5 Å². The lowest BCUT2D eigenvalue weighted by Gasteiger charge is -2.33. The van der Waals surface area contributed by atoms with Gasteiger partial charge in [0.25, 0.3) is 0 Å². The average Bonchev–Trinajstić information content (AvgIpc) is 2.37. The van der Waals surface area contributed by atoms with E-state index in [-0.39, 0.29) is 11.4 Å². The Morgan fingerprint density at radius 2 is 2.00 bits per heavy atom. The molecule has 0 aliphatic carbocycles. The number of halogens is 1. The van der Waals surface area contributed by atoms with E-state index >= 15 is 0 Å². The molecule has 1 N–H and O–H groups in total. The number of anilines is 1. The normalized spacial score (nSPS) is 11.2. The van der Waals surface area contributed by atoms with Gasteiger partial charge in [-0.15, -0.1) is 0 Å². The van der Waals surface area contributed by atoms with Gasteiger partial charge in [-0.1, -0.05) is 19.9 Å². The number of hydrogen-bond donors (Lipinski definition) is 1. The zero-order chi connectivity index (χ0) is 13.8. The number of thiocarbonyl (C=S) groups is 1. The van der Waals surface area contributed by atoms with Crippen molar-refractivity contribution in [3.8, 4) is 0 Å². The molecule has 0 aliphatic heterocycles. The topological polar surface area (TPSA) is 15.3 Å². The van der Waals surface area contributed by atoms with Gasteiger partial charge in [0.1, 0.15) is 5.82 Å².